The van der Waals surface area contributed by atoms with Crippen molar-refractivity contribution in [1.82, 2.24) is 15.5 Å². The molecule has 0 spiro atoms. The van der Waals surface area contributed by atoms with Crippen LogP contribution in [0.25, 0.3) is 0 Å². The molecule has 0 aliphatic carbocycles. The maximum Gasteiger partial charge on any atom is 0.408 e. The topological polar surface area (TPSA) is 114 Å². The molecule has 40 heavy (non-hydrogen) atoms. The number of carbonyl (C=O) groups is 4. The molecule has 1 saturated heterocycles. The molecule has 1 fully saturated rings. The third-order valence-corrected chi connectivity index (χ3v) is 6.36. The highest BCUT2D eigenvalue weighted by atomic mass is 16.5. The summed E-state index contributed by atoms with van der Waals surface area (Å²) in [6.07, 6.45) is -0.337. The molecule has 0 saturated carbocycles. The zero-order valence-electron chi connectivity index (χ0n) is 22.5. The summed E-state index contributed by atoms with van der Waals surface area (Å²) >= 11 is 0. The second-order valence-electron chi connectivity index (χ2n) is 10.0. The lowest BCUT2D eigenvalue weighted by atomic mass is 10.0. The average molecular weight is 544 g/mol. The van der Waals surface area contributed by atoms with Crippen LogP contribution in [-0.4, -0.2) is 53.8 Å². The molecule has 2 N–H and O–H groups in total. The van der Waals surface area contributed by atoms with Crippen LogP contribution in [0.2, 0.25) is 0 Å². The summed E-state index contributed by atoms with van der Waals surface area (Å²) in [7, 11) is 0. The van der Waals surface area contributed by atoms with Gasteiger partial charge in [0, 0.05) is 12.1 Å². The number of hydrogen-bond acceptors (Lipinski definition) is 6. The third-order valence-electron chi connectivity index (χ3n) is 6.36. The van der Waals surface area contributed by atoms with E-state index in [2.05, 4.69) is 10.6 Å². The number of ether oxygens (including phenoxy) is 2. The summed E-state index contributed by atoms with van der Waals surface area (Å²) in [6, 6.07) is 23.4. The number of ketones is 1. The summed E-state index contributed by atoms with van der Waals surface area (Å²) in [6.45, 7) is 3.82. The van der Waals surface area contributed by atoms with E-state index in [9.17, 15) is 19.2 Å². The molecule has 1 aliphatic rings. The van der Waals surface area contributed by atoms with E-state index in [4.69, 9.17) is 9.47 Å². The number of hydrogen-bond donors (Lipinski definition) is 2. The molecule has 3 aromatic rings. The molecule has 0 aromatic heterocycles. The van der Waals surface area contributed by atoms with Crippen molar-refractivity contribution in [3.05, 3.63) is 96.1 Å². The molecule has 1 aliphatic heterocycles. The van der Waals surface area contributed by atoms with Gasteiger partial charge in [0.2, 0.25) is 5.91 Å². The Morgan fingerprint density at radius 1 is 0.900 bits per heavy atom. The van der Waals surface area contributed by atoms with Gasteiger partial charge < -0.3 is 25.0 Å². The van der Waals surface area contributed by atoms with E-state index in [-0.39, 0.29) is 31.4 Å². The number of alkyl carbamates (subject to hydrolysis) is 1. The van der Waals surface area contributed by atoms with Crippen molar-refractivity contribution in [3.8, 4) is 11.5 Å². The Kier molecular flexibility index (Phi) is 9.51. The number of Topliss-reactive ketones (excluding diaryl/α,β-unsaturated/α-hetero) is 1. The van der Waals surface area contributed by atoms with E-state index in [1.165, 1.54) is 4.90 Å². The fraction of sp³-hybridized carbons (Fsp3) is 0.290. The van der Waals surface area contributed by atoms with Gasteiger partial charge in [0.15, 0.2) is 5.78 Å². The van der Waals surface area contributed by atoms with Gasteiger partial charge in [-0.2, -0.15) is 0 Å². The van der Waals surface area contributed by atoms with Crippen LogP contribution in [0.5, 0.6) is 11.5 Å². The quantitative estimate of drug-likeness (QED) is 0.394. The van der Waals surface area contributed by atoms with Gasteiger partial charge in [0.05, 0.1) is 6.54 Å². The van der Waals surface area contributed by atoms with Crippen LogP contribution < -0.4 is 15.4 Å². The Balaban J connectivity index is 1.32. The van der Waals surface area contributed by atoms with Crippen molar-refractivity contribution < 1.29 is 28.7 Å². The molecule has 9 heteroatoms. The van der Waals surface area contributed by atoms with E-state index in [1.54, 1.807) is 24.3 Å². The Labute approximate surface area is 233 Å². The standard InChI is InChI=1S/C31H33N3O6/c1-21(2)17-26(33-31(38)39-20-22-9-5-3-6-10-22)30(37)34-18-27(28(35)19-34)32-29(36)23-13-15-25(16-14-23)40-24-11-7-4-8-12-24/h3-16,21,26-27H,17-20H2,1-2H3,(H,32,36)(H,33,38)/t26-,27-/m0/s1. The van der Waals surface area contributed by atoms with Gasteiger partial charge in [-0.15, -0.1) is 0 Å². The molecule has 2 atom stereocenters. The van der Waals surface area contributed by atoms with Gasteiger partial charge >= 0.3 is 6.09 Å². The number of amides is 3. The molecule has 3 aromatic carbocycles. The van der Waals surface area contributed by atoms with Crippen LogP contribution in [0.3, 0.4) is 0 Å². The second kappa shape index (κ2) is 13.4. The van der Waals surface area contributed by atoms with E-state index in [0.29, 0.717) is 23.5 Å². The lowest BCUT2D eigenvalue weighted by molar-refractivity contribution is -0.134. The van der Waals surface area contributed by atoms with Gasteiger partial charge in [-0.3, -0.25) is 14.4 Å². The largest absolute Gasteiger partial charge is 0.457 e. The summed E-state index contributed by atoms with van der Waals surface area (Å²) < 4.78 is 11.0. The predicted molar refractivity (Wildman–Crippen MR) is 149 cm³/mol. The first-order chi connectivity index (χ1) is 19.3. The number of rotatable bonds is 10. The Morgan fingerprint density at radius 2 is 1.52 bits per heavy atom. The highest BCUT2D eigenvalue weighted by Gasteiger charge is 2.38. The monoisotopic (exact) mass is 543 g/mol. The minimum atomic E-state index is -0.859. The van der Waals surface area contributed by atoms with Gasteiger partial charge in [-0.05, 0) is 54.3 Å². The first-order valence-corrected chi connectivity index (χ1v) is 13.2. The Bertz CT molecular complexity index is 1310. The van der Waals surface area contributed by atoms with Crippen LogP contribution in [0.1, 0.15) is 36.2 Å². The van der Waals surface area contributed by atoms with Crippen molar-refractivity contribution >= 4 is 23.7 Å². The van der Waals surface area contributed by atoms with Crippen molar-refractivity contribution in [2.24, 2.45) is 5.92 Å². The number of nitrogens with one attached hydrogen (secondary N) is 2. The summed E-state index contributed by atoms with van der Waals surface area (Å²) in [5.41, 5.74) is 1.19. The molecule has 0 unspecified atom stereocenters. The average Bonchev–Trinajstić information content (AvgIpc) is 3.32. The molecule has 1 heterocycles. The number of para-hydroxylation sites is 1. The first kappa shape index (κ1) is 28.4. The molecular formula is C31H33N3O6. The van der Waals surface area contributed by atoms with Crippen molar-refractivity contribution in [2.75, 3.05) is 13.1 Å². The van der Waals surface area contributed by atoms with Gasteiger partial charge in [-0.1, -0.05) is 62.4 Å². The normalized spacial score (nSPS) is 15.4. The fourth-order valence-electron chi connectivity index (χ4n) is 4.34. The maximum atomic E-state index is 13.3. The van der Waals surface area contributed by atoms with Gasteiger partial charge in [-0.25, -0.2) is 4.79 Å². The van der Waals surface area contributed by atoms with Crippen LogP contribution in [0.4, 0.5) is 4.79 Å². The van der Waals surface area contributed by atoms with Crippen LogP contribution in [0.15, 0.2) is 84.9 Å². The fourth-order valence-corrected chi connectivity index (χ4v) is 4.34. The van der Waals surface area contributed by atoms with E-state index >= 15 is 0 Å². The first-order valence-electron chi connectivity index (χ1n) is 13.2. The molecule has 9 nitrogen and oxygen atoms in total. The summed E-state index contributed by atoms with van der Waals surface area (Å²) in [5, 5.41) is 5.37. The Morgan fingerprint density at radius 3 is 2.17 bits per heavy atom. The van der Waals surface area contributed by atoms with E-state index < -0.39 is 30.0 Å². The number of benzene rings is 3. The van der Waals surface area contributed by atoms with Crippen molar-refractivity contribution in [3.63, 3.8) is 0 Å². The van der Waals surface area contributed by atoms with Gasteiger partial charge in [0.25, 0.3) is 5.91 Å². The van der Waals surface area contributed by atoms with Crippen LogP contribution >= 0.6 is 0 Å². The molecule has 0 bridgehead atoms. The third kappa shape index (κ3) is 7.92. The number of nitrogens with zero attached hydrogens (tertiary/aromatic N) is 1. The minimum Gasteiger partial charge on any atom is -0.457 e. The molecule has 4 rings (SSSR count). The zero-order valence-corrected chi connectivity index (χ0v) is 22.5. The van der Waals surface area contributed by atoms with Crippen LogP contribution in [0, 0.1) is 5.92 Å². The number of carbonyl (C=O) groups excluding carboxylic acids is 4. The van der Waals surface area contributed by atoms with Gasteiger partial charge in [0.1, 0.15) is 30.2 Å². The minimum absolute atomic E-state index is 0.0218. The maximum absolute atomic E-state index is 13.3. The molecular weight excluding hydrogens is 510 g/mol. The van der Waals surface area contributed by atoms with E-state index in [0.717, 1.165) is 5.56 Å². The highest BCUT2D eigenvalue weighted by Crippen LogP contribution is 2.21. The molecule has 0 radical (unpaired) electrons. The molecule has 208 valence electrons. The lowest BCUT2D eigenvalue weighted by Gasteiger charge is -2.25. The number of likely N-dealkylation sites (tertiary alicyclic amines) is 1. The van der Waals surface area contributed by atoms with Crippen molar-refractivity contribution in [1.29, 1.82) is 0 Å². The SMILES string of the molecule is CC(C)C[C@H](NC(=O)OCc1ccccc1)C(=O)N1CC(=O)[C@@H](NC(=O)c2ccc(Oc3ccccc3)cc2)C1. The van der Waals surface area contributed by atoms with Crippen molar-refractivity contribution in [2.45, 2.75) is 39.0 Å². The van der Waals surface area contributed by atoms with E-state index in [1.807, 2.05) is 74.5 Å². The summed E-state index contributed by atoms with van der Waals surface area (Å²) in [5.74, 6) is 0.253. The predicted octanol–water partition coefficient (Wildman–Crippen LogP) is 4.33. The zero-order chi connectivity index (χ0) is 28.5. The van der Waals surface area contributed by atoms with Crippen LogP contribution in [-0.2, 0) is 20.9 Å². The second-order valence-corrected chi connectivity index (χ2v) is 10.0. The highest BCUT2D eigenvalue weighted by molar-refractivity contribution is 6.01. The molecule has 3 amide bonds. The smallest absolute Gasteiger partial charge is 0.408 e. The lowest BCUT2D eigenvalue weighted by Crippen LogP contribution is -2.49. The summed E-state index contributed by atoms with van der Waals surface area (Å²) in [4.78, 5) is 52.6. The Hall–Kier alpha value is -4.66.